The van der Waals surface area contributed by atoms with Crippen molar-refractivity contribution in [3.05, 3.63) is 18.0 Å². The van der Waals surface area contributed by atoms with Crippen LogP contribution in [0.2, 0.25) is 0 Å². The standard InChI is InChI=1S/C13H21F2N5O2S/c1-3-11-9-17-20(10-11)12(16-4-2)18-23(21,22)19-7-5-13(14,15)6-8-19/h9-10H,3-8H2,1-2H3,(H,16,18). The van der Waals surface area contributed by atoms with Crippen LogP contribution in [0.3, 0.4) is 0 Å². The third-order valence-electron chi connectivity index (χ3n) is 3.58. The van der Waals surface area contributed by atoms with E-state index in [1.807, 2.05) is 6.92 Å². The van der Waals surface area contributed by atoms with Crippen LogP contribution in [0.25, 0.3) is 0 Å². The Balaban J connectivity index is 2.14. The monoisotopic (exact) mass is 349 g/mol. The second-order valence-electron chi connectivity index (χ2n) is 5.31. The Kier molecular flexibility index (Phi) is 5.35. The summed E-state index contributed by atoms with van der Waals surface area (Å²) < 4.78 is 55.8. The number of nitrogens with one attached hydrogen (secondary N) is 1. The molecular formula is C13H21F2N5O2S. The average Bonchev–Trinajstić information content (AvgIpc) is 2.95. The van der Waals surface area contributed by atoms with Gasteiger partial charge in [0, 0.05) is 38.7 Å². The van der Waals surface area contributed by atoms with E-state index in [1.54, 1.807) is 19.3 Å². The van der Waals surface area contributed by atoms with Gasteiger partial charge in [-0.25, -0.2) is 18.2 Å². The summed E-state index contributed by atoms with van der Waals surface area (Å²) >= 11 is 0. The molecule has 0 spiro atoms. The van der Waals surface area contributed by atoms with E-state index in [-0.39, 0.29) is 19.0 Å². The summed E-state index contributed by atoms with van der Waals surface area (Å²) in [5, 5.41) is 4.08. The topological polar surface area (TPSA) is 79.6 Å². The molecule has 0 amide bonds. The second kappa shape index (κ2) is 6.91. The Morgan fingerprint density at radius 3 is 2.57 bits per heavy atom. The fourth-order valence-corrected chi connectivity index (χ4v) is 3.37. The third kappa shape index (κ3) is 4.47. The first kappa shape index (κ1) is 17.8. The highest BCUT2D eigenvalue weighted by Crippen LogP contribution is 2.28. The van der Waals surface area contributed by atoms with Gasteiger partial charge in [-0.05, 0) is 18.9 Å². The molecule has 1 aliphatic heterocycles. The summed E-state index contributed by atoms with van der Waals surface area (Å²) in [5.74, 6) is -2.74. The van der Waals surface area contributed by atoms with E-state index >= 15 is 0 Å². The molecule has 0 unspecified atom stereocenters. The molecule has 0 aliphatic carbocycles. The van der Waals surface area contributed by atoms with Crippen LogP contribution in [-0.2, 0) is 16.6 Å². The minimum atomic E-state index is -3.94. The van der Waals surface area contributed by atoms with Gasteiger partial charge < -0.3 is 0 Å². The van der Waals surface area contributed by atoms with Crippen LogP contribution >= 0.6 is 0 Å². The zero-order chi connectivity index (χ0) is 17.1. The predicted molar refractivity (Wildman–Crippen MR) is 82.8 cm³/mol. The molecule has 2 rings (SSSR count). The first-order chi connectivity index (χ1) is 10.8. The van der Waals surface area contributed by atoms with Gasteiger partial charge in [0.25, 0.3) is 5.92 Å². The number of alkyl halides is 2. The van der Waals surface area contributed by atoms with E-state index in [2.05, 4.69) is 14.8 Å². The fourth-order valence-electron chi connectivity index (χ4n) is 2.19. The van der Waals surface area contributed by atoms with Gasteiger partial charge in [0.1, 0.15) is 0 Å². The van der Waals surface area contributed by atoms with Crippen LogP contribution in [0.15, 0.2) is 17.4 Å². The summed E-state index contributed by atoms with van der Waals surface area (Å²) in [6.45, 7) is 3.63. The molecule has 1 fully saturated rings. The second-order valence-corrected chi connectivity index (χ2v) is 6.98. The van der Waals surface area contributed by atoms with Crippen LogP contribution < -0.4 is 4.72 Å². The van der Waals surface area contributed by atoms with Crippen molar-refractivity contribution < 1.29 is 17.2 Å². The molecule has 1 aliphatic rings. The summed E-state index contributed by atoms with van der Waals surface area (Å²) in [5.41, 5.74) is 0.936. The molecule has 130 valence electrons. The molecular weight excluding hydrogens is 328 g/mol. The molecule has 1 aromatic rings. The Labute approximate surface area is 134 Å². The first-order valence-corrected chi connectivity index (χ1v) is 8.95. The van der Waals surface area contributed by atoms with Gasteiger partial charge in [-0.3, -0.25) is 4.99 Å². The maximum Gasteiger partial charge on any atom is 0.303 e. The minimum Gasteiger partial charge on any atom is -0.251 e. The van der Waals surface area contributed by atoms with Crippen molar-refractivity contribution >= 4 is 16.2 Å². The van der Waals surface area contributed by atoms with Gasteiger partial charge in [0.05, 0.1) is 6.20 Å². The lowest BCUT2D eigenvalue weighted by Gasteiger charge is -2.31. The summed E-state index contributed by atoms with van der Waals surface area (Å²) in [6.07, 6.45) is 3.11. The number of hydrogen-bond donors (Lipinski definition) is 1. The van der Waals surface area contributed by atoms with Crippen molar-refractivity contribution in [3.63, 3.8) is 0 Å². The van der Waals surface area contributed by atoms with Gasteiger partial charge in [0.15, 0.2) is 0 Å². The number of rotatable bonds is 4. The molecule has 10 heteroatoms. The Hall–Kier alpha value is -1.55. The van der Waals surface area contributed by atoms with E-state index in [1.165, 1.54) is 4.68 Å². The number of halogens is 2. The van der Waals surface area contributed by atoms with E-state index in [0.29, 0.717) is 6.54 Å². The lowest BCUT2D eigenvalue weighted by atomic mass is 10.1. The molecule has 0 aromatic carbocycles. The molecule has 0 radical (unpaired) electrons. The van der Waals surface area contributed by atoms with Crippen molar-refractivity contribution in [1.82, 2.24) is 18.8 Å². The van der Waals surface area contributed by atoms with Crippen LogP contribution in [0.5, 0.6) is 0 Å². The molecule has 1 N–H and O–H groups in total. The lowest BCUT2D eigenvalue weighted by Crippen LogP contribution is -2.50. The predicted octanol–water partition coefficient (Wildman–Crippen LogP) is 1.23. The number of hydrogen-bond acceptors (Lipinski definition) is 4. The summed E-state index contributed by atoms with van der Waals surface area (Å²) in [7, 11) is -3.94. The van der Waals surface area contributed by atoms with Gasteiger partial charge >= 0.3 is 10.2 Å². The molecule has 0 bridgehead atoms. The molecule has 23 heavy (non-hydrogen) atoms. The van der Waals surface area contributed by atoms with Crippen LogP contribution in [-0.4, -0.2) is 54.0 Å². The Morgan fingerprint density at radius 2 is 2.04 bits per heavy atom. The van der Waals surface area contributed by atoms with E-state index in [9.17, 15) is 17.2 Å². The van der Waals surface area contributed by atoms with E-state index in [4.69, 9.17) is 0 Å². The van der Waals surface area contributed by atoms with Gasteiger partial charge in [-0.2, -0.15) is 17.8 Å². The quantitative estimate of drug-likeness (QED) is 0.656. The van der Waals surface area contributed by atoms with Crippen LogP contribution in [0.1, 0.15) is 32.3 Å². The lowest BCUT2D eigenvalue weighted by molar-refractivity contribution is -0.0412. The van der Waals surface area contributed by atoms with Crippen molar-refractivity contribution in [2.24, 2.45) is 4.99 Å². The van der Waals surface area contributed by atoms with Crippen molar-refractivity contribution in [2.75, 3.05) is 19.6 Å². The highest BCUT2D eigenvalue weighted by Gasteiger charge is 2.38. The van der Waals surface area contributed by atoms with Crippen molar-refractivity contribution in [3.8, 4) is 0 Å². The SMILES string of the molecule is CCN=C(NS(=O)(=O)N1CCC(F)(F)CC1)n1cc(CC)cn1. The van der Waals surface area contributed by atoms with E-state index in [0.717, 1.165) is 16.3 Å². The number of piperidine rings is 1. The van der Waals surface area contributed by atoms with Crippen molar-refractivity contribution in [2.45, 2.75) is 39.0 Å². The largest absolute Gasteiger partial charge is 0.303 e. The van der Waals surface area contributed by atoms with Crippen LogP contribution in [0.4, 0.5) is 8.78 Å². The highest BCUT2D eigenvalue weighted by molar-refractivity contribution is 7.87. The third-order valence-corrected chi connectivity index (χ3v) is 5.07. The minimum absolute atomic E-state index is 0.0598. The molecule has 7 nitrogen and oxygen atoms in total. The normalized spacial score (nSPS) is 19.7. The highest BCUT2D eigenvalue weighted by atomic mass is 32.2. The maximum atomic E-state index is 13.2. The maximum absolute atomic E-state index is 13.2. The first-order valence-electron chi connectivity index (χ1n) is 7.51. The molecule has 2 heterocycles. The number of aliphatic imine (C=N–C) groups is 1. The van der Waals surface area contributed by atoms with Gasteiger partial charge in [-0.15, -0.1) is 0 Å². The number of aryl methyl sites for hydroxylation is 1. The Morgan fingerprint density at radius 1 is 1.39 bits per heavy atom. The summed E-state index contributed by atoms with van der Waals surface area (Å²) in [4.78, 5) is 4.10. The number of aromatic nitrogens is 2. The molecule has 1 aromatic heterocycles. The number of nitrogens with zero attached hydrogens (tertiary/aromatic N) is 4. The zero-order valence-electron chi connectivity index (χ0n) is 13.2. The molecule has 0 saturated carbocycles. The average molecular weight is 349 g/mol. The fraction of sp³-hybridized carbons (Fsp3) is 0.692. The molecule has 0 atom stereocenters. The smallest absolute Gasteiger partial charge is 0.251 e. The van der Waals surface area contributed by atoms with Crippen LogP contribution in [0, 0.1) is 0 Å². The van der Waals surface area contributed by atoms with Gasteiger partial charge in [0.2, 0.25) is 5.96 Å². The van der Waals surface area contributed by atoms with E-state index < -0.39 is 29.0 Å². The Bertz CT molecular complexity index is 662. The van der Waals surface area contributed by atoms with Crippen molar-refractivity contribution in [1.29, 1.82) is 0 Å². The zero-order valence-corrected chi connectivity index (χ0v) is 14.0. The molecule has 1 saturated heterocycles. The summed E-state index contributed by atoms with van der Waals surface area (Å²) in [6, 6.07) is 0. The van der Waals surface area contributed by atoms with Gasteiger partial charge in [-0.1, -0.05) is 6.92 Å².